The molecule has 0 aliphatic heterocycles. The molecule has 0 bridgehead atoms. The van der Waals surface area contributed by atoms with Crippen molar-refractivity contribution in [1.82, 2.24) is 0 Å². The summed E-state index contributed by atoms with van der Waals surface area (Å²) in [4.78, 5) is 0. The molecule has 14 heavy (non-hydrogen) atoms. The molecule has 82 valence electrons. The molecule has 3 unspecified atom stereocenters. The van der Waals surface area contributed by atoms with Crippen LogP contribution in [0.4, 0.5) is 0 Å². The van der Waals surface area contributed by atoms with Crippen LogP contribution >= 0.6 is 0 Å². The lowest BCUT2D eigenvalue weighted by atomic mass is 9.85. The van der Waals surface area contributed by atoms with E-state index in [0.29, 0.717) is 18.4 Å². The first-order valence-electron chi connectivity index (χ1n) is 5.35. The molecule has 0 heterocycles. The Balaban J connectivity index is 2.14. The monoisotopic (exact) mass is 199 g/mol. The van der Waals surface area contributed by atoms with E-state index in [0.717, 1.165) is 19.4 Å². The molecular formula is C11H21NO2. The number of aliphatic hydroxyl groups excluding tert-OH is 1. The highest BCUT2D eigenvalue weighted by atomic mass is 16.5. The van der Waals surface area contributed by atoms with Gasteiger partial charge in [-0.15, -0.1) is 0 Å². The zero-order valence-corrected chi connectivity index (χ0v) is 8.86. The van der Waals surface area contributed by atoms with Gasteiger partial charge in [-0.2, -0.15) is 0 Å². The second-order valence-electron chi connectivity index (χ2n) is 4.11. The maximum atomic E-state index is 9.19. The largest absolute Gasteiger partial charge is 0.389 e. The van der Waals surface area contributed by atoms with Gasteiger partial charge in [-0.3, -0.25) is 0 Å². The van der Waals surface area contributed by atoms with Crippen molar-refractivity contribution in [3.8, 4) is 0 Å². The highest BCUT2D eigenvalue weighted by molar-refractivity contribution is 4.93. The Kier molecular flexibility index (Phi) is 5.15. The van der Waals surface area contributed by atoms with E-state index >= 15 is 0 Å². The third-order valence-electron chi connectivity index (χ3n) is 2.83. The molecule has 0 saturated carbocycles. The van der Waals surface area contributed by atoms with E-state index in [4.69, 9.17) is 10.5 Å². The highest BCUT2D eigenvalue weighted by Gasteiger charge is 2.18. The van der Waals surface area contributed by atoms with Gasteiger partial charge in [-0.25, -0.2) is 0 Å². The second-order valence-corrected chi connectivity index (χ2v) is 4.11. The van der Waals surface area contributed by atoms with Crippen LogP contribution in [0.15, 0.2) is 12.2 Å². The Morgan fingerprint density at radius 3 is 2.86 bits per heavy atom. The van der Waals surface area contributed by atoms with Gasteiger partial charge in [0.2, 0.25) is 0 Å². The molecule has 0 saturated heterocycles. The predicted molar refractivity (Wildman–Crippen MR) is 56.9 cm³/mol. The van der Waals surface area contributed by atoms with Crippen LogP contribution in [0, 0.1) is 11.8 Å². The van der Waals surface area contributed by atoms with E-state index in [1.54, 1.807) is 0 Å². The molecule has 0 spiro atoms. The number of nitrogens with two attached hydrogens (primary N) is 1. The summed E-state index contributed by atoms with van der Waals surface area (Å²) in [6.45, 7) is 3.63. The van der Waals surface area contributed by atoms with Crippen LogP contribution in [0.25, 0.3) is 0 Å². The van der Waals surface area contributed by atoms with Crippen LogP contribution in [0.5, 0.6) is 0 Å². The highest BCUT2D eigenvalue weighted by Crippen LogP contribution is 2.24. The predicted octanol–water partition coefficient (Wildman–Crippen LogP) is 0.925. The summed E-state index contributed by atoms with van der Waals surface area (Å²) in [5, 5.41) is 9.19. The second kappa shape index (κ2) is 6.17. The molecule has 0 amide bonds. The van der Waals surface area contributed by atoms with Crippen molar-refractivity contribution in [2.45, 2.75) is 25.9 Å². The summed E-state index contributed by atoms with van der Waals surface area (Å²) >= 11 is 0. The molecule has 0 fully saturated rings. The zero-order chi connectivity index (χ0) is 10.4. The van der Waals surface area contributed by atoms with Crippen molar-refractivity contribution >= 4 is 0 Å². The summed E-state index contributed by atoms with van der Waals surface area (Å²) in [6, 6.07) is 0. The number of hydrogen-bond donors (Lipinski definition) is 2. The van der Waals surface area contributed by atoms with Crippen molar-refractivity contribution in [2.24, 2.45) is 17.6 Å². The van der Waals surface area contributed by atoms with Gasteiger partial charge in [0.05, 0.1) is 19.3 Å². The molecule has 3 atom stereocenters. The van der Waals surface area contributed by atoms with E-state index in [1.807, 2.05) is 0 Å². The van der Waals surface area contributed by atoms with Crippen molar-refractivity contribution in [2.75, 3.05) is 19.8 Å². The van der Waals surface area contributed by atoms with Gasteiger partial charge < -0.3 is 15.6 Å². The number of hydrogen-bond acceptors (Lipinski definition) is 3. The molecule has 3 heteroatoms. The fourth-order valence-corrected chi connectivity index (χ4v) is 1.66. The van der Waals surface area contributed by atoms with Crippen molar-refractivity contribution < 1.29 is 9.84 Å². The maximum Gasteiger partial charge on any atom is 0.0895 e. The lowest BCUT2D eigenvalue weighted by Crippen LogP contribution is -2.27. The summed E-state index contributed by atoms with van der Waals surface area (Å²) in [5.74, 6) is 1.29. The van der Waals surface area contributed by atoms with Gasteiger partial charge in [-0.05, 0) is 24.7 Å². The standard InChI is InChI=1S/C11H21NO2/c1-9-4-2-3-5-10(9)7-14-8-11(13)6-12/h2-3,9-11,13H,4-8,12H2,1H3. The minimum atomic E-state index is -0.510. The summed E-state index contributed by atoms with van der Waals surface area (Å²) in [6.07, 6.45) is 6.18. The van der Waals surface area contributed by atoms with Crippen LogP contribution in [-0.4, -0.2) is 31.0 Å². The summed E-state index contributed by atoms with van der Waals surface area (Å²) < 4.78 is 5.43. The first kappa shape index (κ1) is 11.7. The average molecular weight is 199 g/mol. The van der Waals surface area contributed by atoms with Crippen molar-refractivity contribution in [3.05, 3.63) is 12.2 Å². The smallest absolute Gasteiger partial charge is 0.0895 e. The minimum Gasteiger partial charge on any atom is -0.389 e. The van der Waals surface area contributed by atoms with Crippen molar-refractivity contribution in [1.29, 1.82) is 0 Å². The third-order valence-corrected chi connectivity index (χ3v) is 2.83. The Hall–Kier alpha value is -0.380. The van der Waals surface area contributed by atoms with Gasteiger partial charge in [0.1, 0.15) is 0 Å². The molecule has 1 aliphatic carbocycles. The van der Waals surface area contributed by atoms with Crippen LogP contribution in [0.3, 0.4) is 0 Å². The molecular weight excluding hydrogens is 178 g/mol. The lowest BCUT2D eigenvalue weighted by Gasteiger charge is -2.25. The fourth-order valence-electron chi connectivity index (χ4n) is 1.66. The lowest BCUT2D eigenvalue weighted by molar-refractivity contribution is 0.0160. The van der Waals surface area contributed by atoms with Gasteiger partial charge in [0, 0.05) is 6.54 Å². The number of allylic oxidation sites excluding steroid dienone is 2. The average Bonchev–Trinajstić information content (AvgIpc) is 2.20. The summed E-state index contributed by atoms with van der Waals surface area (Å²) in [7, 11) is 0. The molecule has 3 N–H and O–H groups in total. The number of rotatable bonds is 5. The normalized spacial score (nSPS) is 29.1. The van der Waals surface area contributed by atoms with E-state index < -0.39 is 6.10 Å². The summed E-state index contributed by atoms with van der Waals surface area (Å²) in [5.41, 5.74) is 5.28. The SMILES string of the molecule is CC1CC=CCC1COCC(O)CN. The number of aliphatic hydroxyl groups is 1. The Bertz CT molecular complexity index is 182. The molecule has 1 rings (SSSR count). The Morgan fingerprint density at radius 2 is 2.21 bits per heavy atom. The van der Waals surface area contributed by atoms with E-state index in [-0.39, 0.29) is 6.54 Å². The van der Waals surface area contributed by atoms with Crippen LogP contribution in [0.2, 0.25) is 0 Å². The fraction of sp³-hybridized carbons (Fsp3) is 0.818. The van der Waals surface area contributed by atoms with Gasteiger partial charge >= 0.3 is 0 Å². The number of ether oxygens (including phenoxy) is 1. The van der Waals surface area contributed by atoms with E-state index in [2.05, 4.69) is 19.1 Å². The molecule has 0 aromatic carbocycles. The first-order chi connectivity index (χ1) is 6.74. The van der Waals surface area contributed by atoms with E-state index in [9.17, 15) is 5.11 Å². The third kappa shape index (κ3) is 3.78. The first-order valence-corrected chi connectivity index (χ1v) is 5.35. The van der Waals surface area contributed by atoms with E-state index in [1.165, 1.54) is 0 Å². The quantitative estimate of drug-likeness (QED) is 0.647. The Morgan fingerprint density at radius 1 is 1.50 bits per heavy atom. The van der Waals surface area contributed by atoms with Crippen LogP contribution in [0.1, 0.15) is 19.8 Å². The molecule has 3 nitrogen and oxygen atoms in total. The van der Waals surface area contributed by atoms with Gasteiger partial charge in [-0.1, -0.05) is 19.1 Å². The minimum absolute atomic E-state index is 0.278. The van der Waals surface area contributed by atoms with Crippen LogP contribution < -0.4 is 5.73 Å². The molecule has 0 aromatic heterocycles. The van der Waals surface area contributed by atoms with Crippen molar-refractivity contribution in [3.63, 3.8) is 0 Å². The zero-order valence-electron chi connectivity index (χ0n) is 8.86. The maximum absolute atomic E-state index is 9.19. The van der Waals surface area contributed by atoms with Gasteiger partial charge in [0.15, 0.2) is 0 Å². The van der Waals surface area contributed by atoms with Gasteiger partial charge in [0.25, 0.3) is 0 Å². The molecule has 1 aliphatic rings. The molecule has 0 aromatic rings. The Labute approximate surface area is 85.9 Å². The van der Waals surface area contributed by atoms with Crippen LogP contribution in [-0.2, 0) is 4.74 Å². The molecule has 0 radical (unpaired) electrons. The topological polar surface area (TPSA) is 55.5 Å².